The minimum atomic E-state index is -0.0839. The highest BCUT2D eigenvalue weighted by Gasteiger charge is 2.08. The topological polar surface area (TPSA) is 63.3 Å². The van der Waals surface area contributed by atoms with Crippen LogP contribution in [0.4, 0.5) is 5.69 Å². The average molecular weight is 338 g/mol. The fourth-order valence-corrected chi connectivity index (χ4v) is 3.00. The minimum Gasteiger partial charge on any atom is -0.497 e. The van der Waals surface area contributed by atoms with E-state index in [2.05, 4.69) is 29.4 Å². The van der Waals surface area contributed by atoms with Gasteiger partial charge in [-0.1, -0.05) is 11.6 Å². The molecule has 1 aromatic heterocycles. The van der Waals surface area contributed by atoms with Crippen LogP contribution in [0.2, 0.25) is 0 Å². The second-order valence-corrected chi connectivity index (χ2v) is 6.09. The molecule has 5 nitrogen and oxygen atoms in total. The van der Waals surface area contributed by atoms with E-state index in [9.17, 15) is 4.79 Å². The van der Waals surface area contributed by atoms with Gasteiger partial charge >= 0.3 is 0 Å². The fraction of sp³-hybridized carbons (Fsp3) is 0.250. The highest BCUT2D eigenvalue weighted by molar-refractivity contribution is 5.83. The van der Waals surface area contributed by atoms with Crippen LogP contribution in [0.5, 0.6) is 11.5 Å². The Morgan fingerprint density at radius 3 is 2.56 bits per heavy atom. The van der Waals surface area contributed by atoms with Crippen LogP contribution < -0.4 is 20.3 Å². The number of aromatic nitrogens is 1. The molecule has 0 saturated heterocycles. The number of nitrogens with one attached hydrogen (secondary N) is 2. The van der Waals surface area contributed by atoms with E-state index >= 15 is 0 Å². The second-order valence-electron chi connectivity index (χ2n) is 6.09. The highest BCUT2D eigenvalue weighted by atomic mass is 16.5. The SMILES string of the molecule is COc1ccc(NCc2cc3cc(C)cc(C)c3[nH]c2=O)c(OC)c1. The predicted octanol–water partition coefficient (Wildman–Crippen LogP) is 3.77. The third-order valence-electron chi connectivity index (χ3n) is 4.25. The molecule has 0 unspecified atom stereocenters. The van der Waals surface area contributed by atoms with Crippen molar-refractivity contribution in [2.45, 2.75) is 20.4 Å². The summed E-state index contributed by atoms with van der Waals surface area (Å²) in [6.07, 6.45) is 0. The number of pyridine rings is 1. The molecule has 0 saturated carbocycles. The van der Waals surface area contributed by atoms with Crippen molar-refractivity contribution in [3.8, 4) is 11.5 Å². The van der Waals surface area contributed by atoms with E-state index in [4.69, 9.17) is 9.47 Å². The first-order chi connectivity index (χ1) is 12.0. The molecule has 1 heterocycles. The summed E-state index contributed by atoms with van der Waals surface area (Å²) in [4.78, 5) is 15.4. The van der Waals surface area contributed by atoms with Crippen molar-refractivity contribution in [1.29, 1.82) is 0 Å². The van der Waals surface area contributed by atoms with Crippen molar-refractivity contribution < 1.29 is 9.47 Å². The summed E-state index contributed by atoms with van der Waals surface area (Å²) in [7, 11) is 3.22. The van der Waals surface area contributed by atoms with Gasteiger partial charge in [-0.2, -0.15) is 0 Å². The van der Waals surface area contributed by atoms with E-state index in [1.807, 2.05) is 25.1 Å². The lowest BCUT2D eigenvalue weighted by Gasteiger charge is -2.13. The first-order valence-corrected chi connectivity index (χ1v) is 8.11. The Morgan fingerprint density at radius 2 is 1.84 bits per heavy atom. The number of rotatable bonds is 5. The van der Waals surface area contributed by atoms with Crippen molar-refractivity contribution in [3.63, 3.8) is 0 Å². The van der Waals surface area contributed by atoms with Crippen LogP contribution in [0.25, 0.3) is 10.9 Å². The molecule has 0 amide bonds. The number of H-pyrrole nitrogens is 1. The third kappa shape index (κ3) is 3.45. The Hall–Kier alpha value is -2.95. The van der Waals surface area contributed by atoms with Gasteiger partial charge in [-0.25, -0.2) is 0 Å². The predicted molar refractivity (Wildman–Crippen MR) is 101 cm³/mol. The van der Waals surface area contributed by atoms with Gasteiger partial charge in [0.1, 0.15) is 11.5 Å². The van der Waals surface area contributed by atoms with Gasteiger partial charge in [0.2, 0.25) is 0 Å². The Kier molecular flexibility index (Phi) is 4.65. The second kappa shape index (κ2) is 6.89. The number of methoxy groups -OCH3 is 2. The van der Waals surface area contributed by atoms with Crippen LogP contribution in [-0.2, 0) is 6.54 Å². The zero-order valence-electron chi connectivity index (χ0n) is 14.9. The van der Waals surface area contributed by atoms with Crippen molar-refractivity contribution in [3.05, 3.63) is 63.4 Å². The molecule has 0 fully saturated rings. The van der Waals surface area contributed by atoms with Gasteiger partial charge < -0.3 is 19.8 Å². The largest absolute Gasteiger partial charge is 0.497 e. The summed E-state index contributed by atoms with van der Waals surface area (Å²) in [5.74, 6) is 1.39. The van der Waals surface area contributed by atoms with Gasteiger partial charge in [-0.15, -0.1) is 0 Å². The maximum Gasteiger partial charge on any atom is 0.253 e. The van der Waals surface area contributed by atoms with Crippen LogP contribution >= 0.6 is 0 Å². The number of benzene rings is 2. The van der Waals surface area contributed by atoms with Crippen molar-refractivity contribution in [2.75, 3.05) is 19.5 Å². The van der Waals surface area contributed by atoms with Gasteiger partial charge in [0.05, 0.1) is 25.4 Å². The number of aryl methyl sites for hydroxylation is 2. The quantitative estimate of drug-likeness (QED) is 0.743. The summed E-state index contributed by atoms with van der Waals surface area (Å²) >= 11 is 0. The molecule has 0 aliphatic rings. The standard InChI is InChI=1S/C20H22N2O3/c1-12-7-13(2)19-14(8-12)9-15(20(23)22-19)11-21-17-6-5-16(24-3)10-18(17)25-4/h5-10,21H,11H2,1-4H3,(H,22,23). The van der Waals surface area contributed by atoms with Crippen LogP contribution in [0.1, 0.15) is 16.7 Å². The molecule has 0 spiro atoms. The van der Waals surface area contributed by atoms with Crippen molar-refractivity contribution in [1.82, 2.24) is 4.98 Å². The molecular weight excluding hydrogens is 316 g/mol. The van der Waals surface area contributed by atoms with Crippen LogP contribution in [0.3, 0.4) is 0 Å². The molecule has 130 valence electrons. The van der Waals surface area contributed by atoms with Crippen LogP contribution in [0.15, 0.2) is 41.2 Å². The average Bonchev–Trinajstić information content (AvgIpc) is 2.60. The molecule has 2 aromatic carbocycles. The van der Waals surface area contributed by atoms with E-state index in [1.54, 1.807) is 20.3 Å². The first-order valence-electron chi connectivity index (χ1n) is 8.11. The van der Waals surface area contributed by atoms with Gasteiger partial charge in [0, 0.05) is 18.2 Å². The number of hydrogen-bond donors (Lipinski definition) is 2. The number of anilines is 1. The summed E-state index contributed by atoms with van der Waals surface area (Å²) < 4.78 is 10.6. The van der Waals surface area contributed by atoms with Gasteiger partial charge in [0.25, 0.3) is 5.56 Å². The zero-order chi connectivity index (χ0) is 18.0. The van der Waals surface area contributed by atoms with E-state index in [-0.39, 0.29) is 5.56 Å². The van der Waals surface area contributed by atoms with Crippen LogP contribution in [0, 0.1) is 13.8 Å². The van der Waals surface area contributed by atoms with E-state index in [0.29, 0.717) is 17.9 Å². The number of fused-ring (bicyclic) bond motifs is 1. The molecule has 0 aliphatic heterocycles. The summed E-state index contributed by atoms with van der Waals surface area (Å²) in [5.41, 5.74) is 4.54. The molecule has 3 rings (SSSR count). The molecule has 25 heavy (non-hydrogen) atoms. The smallest absolute Gasteiger partial charge is 0.253 e. The number of hydrogen-bond acceptors (Lipinski definition) is 4. The maximum atomic E-state index is 12.4. The molecule has 0 atom stereocenters. The number of ether oxygens (including phenoxy) is 2. The van der Waals surface area contributed by atoms with Crippen molar-refractivity contribution in [2.24, 2.45) is 0 Å². The molecule has 5 heteroatoms. The van der Waals surface area contributed by atoms with Gasteiger partial charge in [0.15, 0.2) is 0 Å². The van der Waals surface area contributed by atoms with Gasteiger partial charge in [-0.05, 0) is 49.1 Å². The maximum absolute atomic E-state index is 12.4. The van der Waals surface area contributed by atoms with Crippen LogP contribution in [-0.4, -0.2) is 19.2 Å². The van der Waals surface area contributed by atoms with E-state index in [1.165, 1.54) is 5.56 Å². The van der Waals surface area contributed by atoms with Crippen molar-refractivity contribution >= 4 is 16.6 Å². The Balaban J connectivity index is 1.91. The number of aromatic amines is 1. The Morgan fingerprint density at radius 1 is 1.04 bits per heavy atom. The first kappa shape index (κ1) is 16.9. The fourth-order valence-electron chi connectivity index (χ4n) is 3.00. The lowest BCUT2D eigenvalue weighted by Crippen LogP contribution is -2.16. The normalized spacial score (nSPS) is 10.7. The minimum absolute atomic E-state index is 0.0839. The molecule has 3 aromatic rings. The third-order valence-corrected chi connectivity index (χ3v) is 4.25. The molecule has 0 bridgehead atoms. The monoisotopic (exact) mass is 338 g/mol. The highest BCUT2D eigenvalue weighted by Crippen LogP contribution is 2.29. The summed E-state index contributed by atoms with van der Waals surface area (Å²) in [6.45, 7) is 4.46. The van der Waals surface area contributed by atoms with Gasteiger partial charge in [-0.3, -0.25) is 4.79 Å². The van der Waals surface area contributed by atoms with E-state index < -0.39 is 0 Å². The molecule has 0 aliphatic carbocycles. The molecule has 0 radical (unpaired) electrons. The summed E-state index contributed by atoms with van der Waals surface area (Å²) in [5, 5.41) is 4.30. The van der Waals surface area contributed by atoms with E-state index in [0.717, 1.165) is 27.9 Å². The molecular formula is C20H22N2O3. The lowest BCUT2D eigenvalue weighted by atomic mass is 10.1. The Bertz CT molecular complexity index is 977. The Labute approximate surface area is 146 Å². The zero-order valence-corrected chi connectivity index (χ0v) is 14.9. The summed E-state index contributed by atoms with van der Waals surface area (Å²) in [6, 6.07) is 11.6. The molecule has 2 N–H and O–H groups in total. The lowest BCUT2D eigenvalue weighted by molar-refractivity contribution is 0.395.